The van der Waals surface area contributed by atoms with Crippen molar-refractivity contribution in [2.45, 2.75) is 26.3 Å². The van der Waals surface area contributed by atoms with Crippen molar-refractivity contribution in [2.75, 3.05) is 17.1 Å². The molecule has 1 aromatic carbocycles. The molecule has 1 N–H and O–H groups in total. The average molecular weight is 302 g/mol. The zero-order valence-electron chi connectivity index (χ0n) is 11.8. The average Bonchev–Trinajstić information content (AvgIpc) is 2.36. The van der Waals surface area contributed by atoms with E-state index in [0.29, 0.717) is 13.0 Å². The fraction of sp³-hybridized carbons (Fsp3) is 0.462. The zero-order valence-corrected chi connectivity index (χ0v) is 12.6. The maximum absolute atomic E-state index is 13.0. The van der Waals surface area contributed by atoms with Crippen LogP contribution in [0, 0.1) is 5.82 Å². The summed E-state index contributed by atoms with van der Waals surface area (Å²) in [6.07, 6.45) is 1.34. The third-order valence-corrected chi connectivity index (χ3v) is 3.94. The first kappa shape index (κ1) is 16.4. The standard InChI is InChI=1S/C13H19FN2O3S/c1-4-12(13(17)15-5-2)16(20(3,18)19)11-8-6-10(14)7-9-11/h6-9,12H,4-5H2,1-3H3,(H,15,17)/t12-/m1/s1. The normalized spacial score (nSPS) is 12.8. The molecule has 5 nitrogen and oxygen atoms in total. The lowest BCUT2D eigenvalue weighted by molar-refractivity contribution is -0.122. The van der Waals surface area contributed by atoms with Crippen LogP contribution in [-0.2, 0) is 14.8 Å². The maximum Gasteiger partial charge on any atom is 0.243 e. The Labute approximate surface area is 118 Å². The van der Waals surface area contributed by atoms with Crippen LogP contribution in [0.2, 0.25) is 0 Å². The molecule has 0 heterocycles. The molecule has 7 heteroatoms. The quantitative estimate of drug-likeness (QED) is 0.866. The van der Waals surface area contributed by atoms with Crippen LogP contribution in [0.5, 0.6) is 0 Å². The van der Waals surface area contributed by atoms with E-state index in [1.807, 2.05) is 0 Å². The van der Waals surface area contributed by atoms with E-state index in [1.54, 1.807) is 13.8 Å². The molecule has 0 saturated heterocycles. The molecule has 0 unspecified atom stereocenters. The number of benzene rings is 1. The van der Waals surface area contributed by atoms with Gasteiger partial charge in [-0.1, -0.05) is 6.92 Å². The summed E-state index contributed by atoms with van der Waals surface area (Å²) in [5, 5.41) is 2.61. The van der Waals surface area contributed by atoms with Crippen molar-refractivity contribution in [2.24, 2.45) is 0 Å². The molecule has 0 aliphatic heterocycles. The Morgan fingerprint density at radius 2 is 1.85 bits per heavy atom. The highest BCUT2D eigenvalue weighted by Crippen LogP contribution is 2.22. The first-order valence-electron chi connectivity index (χ1n) is 6.34. The van der Waals surface area contributed by atoms with E-state index in [4.69, 9.17) is 0 Å². The summed E-state index contributed by atoms with van der Waals surface area (Å²) in [7, 11) is -3.66. The molecule has 0 aliphatic carbocycles. The van der Waals surface area contributed by atoms with E-state index in [9.17, 15) is 17.6 Å². The number of carbonyl (C=O) groups excluding carboxylic acids is 1. The minimum Gasteiger partial charge on any atom is -0.355 e. The van der Waals surface area contributed by atoms with Crippen LogP contribution in [0.1, 0.15) is 20.3 Å². The van der Waals surface area contributed by atoms with E-state index in [0.717, 1.165) is 22.7 Å². The van der Waals surface area contributed by atoms with Gasteiger partial charge < -0.3 is 5.32 Å². The van der Waals surface area contributed by atoms with E-state index in [2.05, 4.69) is 5.32 Å². The number of nitrogens with zero attached hydrogens (tertiary/aromatic N) is 1. The number of anilines is 1. The molecule has 0 aliphatic rings. The summed E-state index contributed by atoms with van der Waals surface area (Å²) in [4.78, 5) is 12.0. The molecular weight excluding hydrogens is 283 g/mol. The van der Waals surface area contributed by atoms with E-state index >= 15 is 0 Å². The Hall–Kier alpha value is -1.63. The summed E-state index contributed by atoms with van der Waals surface area (Å²) in [5.41, 5.74) is 0.270. The number of hydrogen-bond donors (Lipinski definition) is 1. The fourth-order valence-electron chi connectivity index (χ4n) is 1.94. The molecule has 1 atom stereocenters. The summed E-state index contributed by atoms with van der Waals surface area (Å²) in [6, 6.07) is 4.17. The number of amides is 1. The number of likely N-dealkylation sites (N-methyl/N-ethyl adjacent to an activating group) is 1. The van der Waals surface area contributed by atoms with Gasteiger partial charge in [0.05, 0.1) is 11.9 Å². The first-order valence-corrected chi connectivity index (χ1v) is 8.18. The van der Waals surface area contributed by atoms with Gasteiger partial charge in [-0.05, 0) is 37.6 Å². The smallest absolute Gasteiger partial charge is 0.243 e. The van der Waals surface area contributed by atoms with Crippen LogP contribution >= 0.6 is 0 Å². The SMILES string of the molecule is CCNC(=O)[C@@H](CC)N(c1ccc(F)cc1)S(C)(=O)=O. The lowest BCUT2D eigenvalue weighted by Gasteiger charge is -2.29. The Morgan fingerprint density at radius 3 is 2.25 bits per heavy atom. The molecule has 1 rings (SSSR count). The van der Waals surface area contributed by atoms with Gasteiger partial charge in [-0.15, -0.1) is 0 Å². The molecule has 0 fully saturated rings. The molecule has 0 radical (unpaired) electrons. The van der Waals surface area contributed by atoms with Gasteiger partial charge in [0, 0.05) is 6.54 Å². The second-order valence-corrected chi connectivity index (χ2v) is 6.21. The Balaban J connectivity index is 3.25. The molecule has 0 saturated carbocycles. The molecule has 1 amide bonds. The molecule has 112 valence electrons. The number of sulfonamides is 1. The van der Waals surface area contributed by atoms with Crippen LogP contribution in [0.4, 0.5) is 10.1 Å². The number of hydrogen-bond acceptors (Lipinski definition) is 3. The third kappa shape index (κ3) is 3.93. The van der Waals surface area contributed by atoms with Gasteiger partial charge in [-0.25, -0.2) is 12.8 Å². The topological polar surface area (TPSA) is 66.5 Å². The van der Waals surface area contributed by atoms with Crippen molar-refractivity contribution in [3.63, 3.8) is 0 Å². The minimum absolute atomic E-state index is 0.270. The molecular formula is C13H19FN2O3S. The maximum atomic E-state index is 13.0. The first-order chi connectivity index (χ1) is 9.31. The molecule has 20 heavy (non-hydrogen) atoms. The van der Waals surface area contributed by atoms with Crippen LogP contribution in [-0.4, -0.2) is 33.2 Å². The molecule has 0 bridgehead atoms. The number of carbonyl (C=O) groups is 1. The highest BCUT2D eigenvalue weighted by atomic mass is 32.2. The number of nitrogens with one attached hydrogen (secondary N) is 1. The predicted molar refractivity (Wildman–Crippen MR) is 76.5 cm³/mol. The summed E-state index contributed by atoms with van der Waals surface area (Å²) < 4.78 is 37.9. The highest BCUT2D eigenvalue weighted by molar-refractivity contribution is 7.92. The molecule has 1 aromatic rings. The van der Waals surface area contributed by atoms with Crippen molar-refractivity contribution in [3.05, 3.63) is 30.1 Å². The van der Waals surface area contributed by atoms with Crippen molar-refractivity contribution < 1.29 is 17.6 Å². The summed E-state index contributed by atoms with van der Waals surface area (Å²) in [5.74, 6) is -0.835. The van der Waals surface area contributed by atoms with Crippen LogP contribution in [0.15, 0.2) is 24.3 Å². The molecule has 0 aromatic heterocycles. The lowest BCUT2D eigenvalue weighted by Crippen LogP contribution is -2.49. The van der Waals surface area contributed by atoms with E-state index in [-0.39, 0.29) is 11.6 Å². The van der Waals surface area contributed by atoms with Crippen molar-refractivity contribution in [3.8, 4) is 0 Å². The van der Waals surface area contributed by atoms with Gasteiger partial charge in [0.1, 0.15) is 11.9 Å². The van der Waals surface area contributed by atoms with Gasteiger partial charge in [0.25, 0.3) is 0 Å². The largest absolute Gasteiger partial charge is 0.355 e. The van der Waals surface area contributed by atoms with Crippen molar-refractivity contribution in [1.82, 2.24) is 5.32 Å². The second kappa shape index (κ2) is 6.69. The number of rotatable bonds is 6. The van der Waals surface area contributed by atoms with Crippen LogP contribution in [0.3, 0.4) is 0 Å². The summed E-state index contributed by atoms with van der Waals surface area (Å²) in [6.45, 7) is 3.89. The van der Waals surface area contributed by atoms with Gasteiger partial charge in [0.2, 0.25) is 15.9 Å². The third-order valence-electron chi connectivity index (χ3n) is 2.76. The Kier molecular flexibility index (Phi) is 5.50. The second-order valence-electron chi connectivity index (χ2n) is 4.35. The lowest BCUT2D eigenvalue weighted by atomic mass is 10.2. The van der Waals surface area contributed by atoms with E-state index < -0.39 is 21.9 Å². The monoisotopic (exact) mass is 302 g/mol. The van der Waals surface area contributed by atoms with Gasteiger partial charge in [0.15, 0.2) is 0 Å². The Morgan fingerprint density at radius 1 is 1.30 bits per heavy atom. The highest BCUT2D eigenvalue weighted by Gasteiger charge is 2.30. The Bertz CT molecular complexity index is 557. The molecule has 0 spiro atoms. The minimum atomic E-state index is -3.66. The van der Waals surface area contributed by atoms with Gasteiger partial charge in [-0.2, -0.15) is 0 Å². The number of halogens is 1. The predicted octanol–water partition coefficient (Wildman–Crippen LogP) is 1.51. The van der Waals surface area contributed by atoms with Crippen molar-refractivity contribution in [1.29, 1.82) is 0 Å². The summed E-state index contributed by atoms with van der Waals surface area (Å²) >= 11 is 0. The fourth-order valence-corrected chi connectivity index (χ4v) is 3.15. The van der Waals surface area contributed by atoms with Crippen LogP contribution < -0.4 is 9.62 Å². The van der Waals surface area contributed by atoms with Gasteiger partial charge >= 0.3 is 0 Å². The van der Waals surface area contributed by atoms with E-state index in [1.165, 1.54) is 12.1 Å². The van der Waals surface area contributed by atoms with Crippen LogP contribution in [0.25, 0.3) is 0 Å². The van der Waals surface area contributed by atoms with Crippen molar-refractivity contribution >= 4 is 21.6 Å². The van der Waals surface area contributed by atoms with Gasteiger partial charge in [-0.3, -0.25) is 9.10 Å². The zero-order chi connectivity index (χ0) is 15.3.